The molecule has 0 fully saturated rings. The first-order valence-electron chi connectivity index (χ1n) is 8.77. The molecule has 0 radical (unpaired) electrons. The molecule has 3 aromatic rings. The fourth-order valence-electron chi connectivity index (χ4n) is 3.15. The molecule has 0 unspecified atom stereocenters. The van der Waals surface area contributed by atoms with Gasteiger partial charge < -0.3 is 9.84 Å². The SMILES string of the molecule is CCc1c(CC(=O)O)cccc1-c1cccc(OCc2ccccc2)c1. The van der Waals surface area contributed by atoms with Crippen LogP contribution in [0.2, 0.25) is 0 Å². The van der Waals surface area contributed by atoms with Gasteiger partial charge in [-0.15, -0.1) is 0 Å². The zero-order valence-electron chi connectivity index (χ0n) is 14.8. The number of benzene rings is 3. The fourth-order valence-corrected chi connectivity index (χ4v) is 3.15. The molecule has 3 nitrogen and oxygen atoms in total. The van der Waals surface area contributed by atoms with E-state index >= 15 is 0 Å². The second kappa shape index (κ2) is 8.34. The molecule has 3 rings (SSSR count). The quantitative estimate of drug-likeness (QED) is 0.646. The molecule has 132 valence electrons. The second-order valence-corrected chi connectivity index (χ2v) is 6.17. The van der Waals surface area contributed by atoms with Crippen molar-refractivity contribution in [1.82, 2.24) is 0 Å². The third-order valence-corrected chi connectivity index (χ3v) is 4.36. The van der Waals surface area contributed by atoms with Gasteiger partial charge in [0.15, 0.2) is 0 Å². The minimum Gasteiger partial charge on any atom is -0.489 e. The molecule has 0 atom stereocenters. The summed E-state index contributed by atoms with van der Waals surface area (Å²) in [7, 11) is 0. The molecule has 26 heavy (non-hydrogen) atoms. The lowest BCUT2D eigenvalue weighted by Gasteiger charge is -2.14. The Hall–Kier alpha value is -3.07. The summed E-state index contributed by atoms with van der Waals surface area (Å²) >= 11 is 0. The minimum absolute atomic E-state index is 0.0429. The van der Waals surface area contributed by atoms with E-state index in [0.29, 0.717) is 6.61 Å². The number of hydrogen-bond donors (Lipinski definition) is 1. The number of carboxylic acids is 1. The van der Waals surface area contributed by atoms with Crippen LogP contribution < -0.4 is 4.74 Å². The number of hydrogen-bond acceptors (Lipinski definition) is 2. The normalized spacial score (nSPS) is 10.5. The van der Waals surface area contributed by atoms with E-state index in [1.54, 1.807) is 0 Å². The summed E-state index contributed by atoms with van der Waals surface area (Å²) < 4.78 is 5.93. The Balaban J connectivity index is 1.87. The van der Waals surface area contributed by atoms with Crippen molar-refractivity contribution in [2.24, 2.45) is 0 Å². The first-order valence-corrected chi connectivity index (χ1v) is 8.77. The van der Waals surface area contributed by atoms with E-state index in [1.165, 1.54) is 0 Å². The van der Waals surface area contributed by atoms with Gasteiger partial charge in [0, 0.05) is 0 Å². The molecule has 0 heterocycles. The van der Waals surface area contributed by atoms with E-state index < -0.39 is 5.97 Å². The maximum Gasteiger partial charge on any atom is 0.307 e. The molecule has 0 aromatic heterocycles. The Morgan fingerprint density at radius 2 is 1.73 bits per heavy atom. The molecule has 0 aliphatic rings. The molecule has 0 saturated carbocycles. The van der Waals surface area contributed by atoms with Crippen molar-refractivity contribution in [3.63, 3.8) is 0 Å². The predicted molar refractivity (Wildman–Crippen MR) is 103 cm³/mol. The van der Waals surface area contributed by atoms with E-state index in [4.69, 9.17) is 9.84 Å². The fraction of sp³-hybridized carbons (Fsp3) is 0.174. The van der Waals surface area contributed by atoms with Crippen LogP contribution in [0.1, 0.15) is 23.6 Å². The predicted octanol–water partition coefficient (Wildman–Crippen LogP) is 5.12. The van der Waals surface area contributed by atoms with Crippen molar-refractivity contribution in [3.05, 3.63) is 89.5 Å². The lowest BCUT2D eigenvalue weighted by molar-refractivity contribution is -0.136. The van der Waals surface area contributed by atoms with Gasteiger partial charge in [0.2, 0.25) is 0 Å². The third-order valence-electron chi connectivity index (χ3n) is 4.36. The summed E-state index contributed by atoms with van der Waals surface area (Å²) in [6.45, 7) is 2.57. The number of carbonyl (C=O) groups is 1. The van der Waals surface area contributed by atoms with Crippen LogP contribution in [0.15, 0.2) is 72.8 Å². The standard InChI is InChI=1S/C23H22O3/c1-2-21-19(15-23(24)25)11-7-13-22(21)18-10-6-12-20(14-18)26-16-17-8-4-3-5-9-17/h3-14H,2,15-16H2,1H3,(H,24,25). The van der Waals surface area contributed by atoms with Gasteiger partial charge in [0.25, 0.3) is 0 Å². The zero-order valence-corrected chi connectivity index (χ0v) is 14.8. The number of ether oxygens (including phenoxy) is 1. The first kappa shape index (κ1) is 17.7. The van der Waals surface area contributed by atoms with Crippen LogP contribution in [-0.4, -0.2) is 11.1 Å². The van der Waals surface area contributed by atoms with E-state index in [0.717, 1.165) is 40.0 Å². The molecule has 0 saturated heterocycles. The topological polar surface area (TPSA) is 46.5 Å². The van der Waals surface area contributed by atoms with E-state index in [9.17, 15) is 4.79 Å². The van der Waals surface area contributed by atoms with Crippen LogP contribution in [0.4, 0.5) is 0 Å². The Morgan fingerprint density at radius 1 is 0.962 bits per heavy atom. The highest BCUT2D eigenvalue weighted by Crippen LogP contribution is 2.30. The van der Waals surface area contributed by atoms with Crippen LogP contribution >= 0.6 is 0 Å². The zero-order chi connectivity index (χ0) is 18.4. The van der Waals surface area contributed by atoms with Gasteiger partial charge in [-0.1, -0.05) is 67.6 Å². The summed E-state index contributed by atoms with van der Waals surface area (Å²) in [5, 5.41) is 9.15. The van der Waals surface area contributed by atoms with Gasteiger partial charge in [-0.05, 0) is 46.4 Å². The molecule has 3 aromatic carbocycles. The molecule has 0 aliphatic heterocycles. The molecule has 0 bridgehead atoms. The summed E-state index contributed by atoms with van der Waals surface area (Å²) in [6, 6.07) is 23.9. The Bertz CT molecular complexity index is 885. The molecule has 0 spiro atoms. The molecular weight excluding hydrogens is 324 g/mol. The van der Waals surface area contributed by atoms with E-state index in [2.05, 4.69) is 6.92 Å². The largest absolute Gasteiger partial charge is 0.489 e. The Labute approximate surface area is 153 Å². The lowest BCUT2D eigenvalue weighted by atomic mass is 9.92. The van der Waals surface area contributed by atoms with Crippen molar-refractivity contribution in [1.29, 1.82) is 0 Å². The highest BCUT2D eigenvalue weighted by molar-refractivity contribution is 5.75. The van der Waals surface area contributed by atoms with Crippen molar-refractivity contribution < 1.29 is 14.6 Å². The van der Waals surface area contributed by atoms with Crippen molar-refractivity contribution in [2.75, 3.05) is 0 Å². The van der Waals surface area contributed by atoms with Crippen LogP contribution in [-0.2, 0) is 24.2 Å². The van der Waals surface area contributed by atoms with Gasteiger partial charge in [-0.2, -0.15) is 0 Å². The van der Waals surface area contributed by atoms with Crippen LogP contribution in [0.3, 0.4) is 0 Å². The summed E-state index contributed by atoms with van der Waals surface area (Å²) in [5.41, 5.74) is 5.18. The summed E-state index contributed by atoms with van der Waals surface area (Å²) in [4.78, 5) is 11.1. The van der Waals surface area contributed by atoms with E-state index in [1.807, 2.05) is 72.8 Å². The van der Waals surface area contributed by atoms with Gasteiger partial charge in [0.1, 0.15) is 12.4 Å². The maximum atomic E-state index is 11.1. The summed E-state index contributed by atoms with van der Waals surface area (Å²) in [6.07, 6.45) is 0.828. The van der Waals surface area contributed by atoms with E-state index in [-0.39, 0.29) is 6.42 Å². The Morgan fingerprint density at radius 3 is 2.46 bits per heavy atom. The number of rotatable bonds is 7. The molecule has 0 aliphatic carbocycles. The Kier molecular flexibility index (Phi) is 5.69. The number of carboxylic acid groups (broad SMARTS) is 1. The molecule has 0 amide bonds. The maximum absolute atomic E-state index is 11.1. The monoisotopic (exact) mass is 346 g/mol. The molecule has 1 N–H and O–H groups in total. The average Bonchev–Trinajstić information content (AvgIpc) is 2.67. The van der Waals surface area contributed by atoms with Crippen molar-refractivity contribution >= 4 is 5.97 Å². The van der Waals surface area contributed by atoms with Crippen molar-refractivity contribution in [3.8, 4) is 16.9 Å². The van der Waals surface area contributed by atoms with Crippen LogP contribution in [0.5, 0.6) is 5.75 Å². The third kappa shape index (κ3) is 4.31. The smallest absolute Gasteiger partial charge is 0.307 e. The van der Waals surface area contributed by atoms with Gasteiger partial charge in [-0.3, -0.25) is 4.79 Å². The highest BCUT2D eigenvalue weighted by Gasteiger charge is 2.11. The van der Waals surface area contributed by atoms with Gasteiger partial charge in [0.05, 0.1) is 6.42 Å². The minimum atomic E-state index is -0.809. The summed E-state index contributed by atoms with van der Waals surface area (Å²) in [5.74, 6) is -0.00570. The lowest BCUT2D eigenvalue weighted by Crippen LogP contribution is -2.04. The number of aliphatic carboxylic acids is 1. The van der Waals surface area contributed by atoms with Crippen LogP contribution in [0, 0.1) is 0 Å². The van der Waals surface area contributed by atoms with Crippen molar-refractivity contribution in [2.45, 2.75) is 26.4 Å². The van der Waals surface area contributed by atoms with Gasteiger partial charge >= 0.3 is 5.97 Å². The highest BCUT2D eigenvalue weighted by atomic mass is 16.5. The van der Waals surface area contributed by atoms with Crippen LogP contribution in [0.25, 0.3) is 11.1 Å². The first-order chi connectivity index (χ1) is 12.7. The average molecular weight is 346 g/mol. The molecule has 3 heteroatoms. The van der Waals surface area contributed by atoms with Gasteiger partial charge in [-0.25, -0.2) is 0 Å². The molecular formula is C23H22O3. The second-order valence-electron chi connectivity index (χ2n) is 6.17.